The highest BCUT2D eigenvalue weighted by atomic mass is 14.8. The summed E-state index contributed by atoms with van der Waals surface area (Å²) in [5, 5.41) is 3.68. The van der Waals surface area contributed by atoms with Gasteiger partial charge < -0.3 is 11.1 Å². The fourth-order valence-corrected chi connectivity index (χ4v) is 6.47. The van der Waals surface area contributed by atoms with E-state index in [1.54, 1.807) is 0 Å². The van der Waals surface area contributed by atoms with Gasteiger partial charge in [0.05, 0.1) is 0 Å². The largest absolute Gasteiger partial charge is 0.330 e. The first-order valence-electron chi connectivity index (χ1n) is 21.7. The van der Waals surface area contributed by atoms with Crippen LogP contribution in [-0.2, 0) is 0 Å². The van der Waals surface area contributed by atoms with E-state index in [1.807, 2.05) is 0 Å². The number of rotatable bonds is 39. The van der Waals surface area contributed by atoms with Crippen molar-refractivity contribution < 1.29 is 0 Å². The van der Waals surface area contributed by atoms with Gasteiger partial charge >= 0.3 is 0 Å². The molecule has 0 saturated carbocycles. The Hall–Kier alpha value is -0.0800. The second-order valence-corrected chi connectivity index (χ2v) is 14.6. The monoisotopic (exact) mass is 637 g/mol. The van der Waals surface area contributed by atoms with Crippen molar-refractivity contribution in [1.82, 2.24) is 5.32 Å². The molecule has 0 aliphatic rings. The van der Waals surface area contributed by atoms with Crippen LogP contribution in [-0.4, -0.2) is 19.6 Å². The van der Waals surface area contributed by atoms with Gasteiger partial charge in [-0.05, 0) is 38.9 Å². The summed E-state index contributed by atoms with van der Waals surface area (Å²) in [6.45, 7) is 10.2. The topological polar surface area (TPSA) is 38.0 Å². The van der Waals surface area contributed by atoms with Crippen LogP contribution in [0.1, 0.15) is 258 Å². The van der Waals surface area contributed by atoms with Crippen LogP contribution >= 0.6 is 0 Å². The summed E-state index contributed by atoms with van der Waals surface area (Å²) in [5.74, 6) is 0. The third-order valence-electron chi connectivity index (χ3n) is 9.72. The summed E-state index contributed by atoms with van der Waals surface area (Å²) in [6.07, 6.45) is 53.3. The Morgan fingerprint density at radius 3 is 0.622 bits per heavy atom. The first-order valence-corrected chi connectivity index (χ1v) is 21.7. The van der Waals surface area contributed by atoms with Gasteiger partial charge in [0.15, 0.2) is 0 Å². The molecule has 0 aromatic rings. The average molecular weight is 637 g/mol. The molecule has 0 amide bonds. The van der Waals surface area contributed by atoms with Gasteiger partial charge in [-0.1, -0.05) is 239 Å². The van der Waals surface area contributed by atoms with Crippen LogP contribution in [0.15, 0.2) is 0 Å². The van der Waals surface area contributed by atoms with Crippen molar-refractivity contribution >= 4 is 0 Å². The van der Waals surface area contributed by atoms with Gasteiger partial charge in [-0.3, -0.25) is 0 Å². The van der Waals surface area contributed by atoms with Crippen molar-refractivity contribution in [2.75, 3.05) is 19.6 Å². The smallest absolute Gasteiger partial charge is 0.00489 e. The Labute approximate surface area is 288 Å². The van der Waals surface area contributed by atoms with Gasteiger partial charge in [-0.15, -0.1) is 0 Å². The molecular formula is C43H92N2. The van der Waals surface area contributed by atoms with Crippen LogP contribution in [0.5, 0.6) is 0 Å². The highest BCUT2D eigenvalue weighted by Gasteiger charge is 1.97. The Kier molecular flexibility index (Phi) is 50.5. The van der Waals surface area contributed by atoms with Crippen molar-refractivity contribution in [2.24, 2.45) is 5.73 Å². The molecule has 0 radical (unpaired) electrons. The molecule has 0 unspecified atom stereocenters. The number of hydrogen-bond donors (Lipinski definition) is 2. The normalized spacial score (nSPS) is 11.2. The van der Waals surface area contributed by atoms with Gasteiger partial charge in [-0.2, -0.15) is 0 Å². The van der Waals surface area contributed by atoms with E-state index in [9.17, 15) is 0 Å². The second kappa shape index (κ2) is 48.3. The van der Waals surface area contributed by atoms with E-state index in [0.29, 0.717) is 0 Å². The molecule has 2 heteroatoms. The molecule has 0 bridgehead atoms. The highest BCUT2D eigenvalue weighted by molar-refractivity contribution is 4.54. The second-order valence-electron chi connectivity index (χ2n) is 14.6. The number of nitrogens with two attached hydrogens (primary N) is 1. The molecule has 0 rings (SSSR count). The summed E-state index contributed by atoms with van der Waals surface area (Å²) in [5.41, 5.74) is 5.31. The molecule has 274 valence electrons. The summed E-state index contributed by atoms with van der Waals surface area (Å²) >= 11 is 0. The van der Waals surface area contributed by atoms with Gasteiger partial charge in [-0.25, -0.2) is 0 Å². The Morgan fingerprint density at radius 2 is 0.422 bits per heavy atom. The van der Waals surface area contributed by atoms with E-state index in [-0.39, 0.29) is 0 Å². The average Bonchev–Trinajstić information content (AvgIpc) is 3.05. The Bertz CT molecular complexity index is 411. The lowest BCUT2D eigenvalue weighted by Gasteiger charge is -2.06. The zero-order valence-corrected chi connectivity index (χ0v) is 32.4. The lowest BCUT2D eigenvalue weighted by molar-refractivity contribution is 0.515. The quantitative estimate of drug-likeness (QED) is 0.0659. The van der Waals surface area contributed by atoms with Gasteiger partial charge in [0.2, 0.25) is 0 Å². The Balaban J connectivity index is 0. The number of unbranched alkanes of at least 4 members (excludes halogenated alkanes) is 34. The Morgan fingerprint density at radius 1 is 0.244 bits per heavy atom. The molecule has 0 aliphatic heterocycles. The fourth-order valence-electron chi connectivity index (χ4n) is 6.47. The zero-order valence-electron chi connectivity index (χ0n) is 32.4. The molecule has 0 aromatic carbocycles. The molecule has 0 aliphatic carbocycles. The zero-order chi connectivity index (χ0) is 33.0. The van der Waals surface area contributed by atoms with E-state index < -0.39 is 0 Å². The molecule has 0 spiro atoms. The summed E-state index contributed by atoms with van der Waals surface area (Å²) in [6, 6.07) is 0. The summed E-state index contributed by atoms with van der Waals surface area (Å²) in [4.78, 5) is 0. The van der Waals surface area contributed by atoms with Crippen molar-refractivity contribution in [3.8, 4) is 0 Å². The predicted octanol–water partition coefficient (Wildman–Crippen LogP) is 15.0. The van der Waals surface area contributed by atoms with E-state index in [0.717, 1.165) is 6.54 Å². The molecule has 3 N–H and O–H groups in total. The van der Waals surface area contributed by atoms with E-state index >= 15 is 0 Å². The highest BCUT2D eigenvalue weighted by Crippen LogP contribution is 2.15. The van der Waals surface area contributed by atoms with Crippen LogP contribution in [0, 0.1) is 0 Å². The molecule has 0 fully saturated rings. The number of hydrogen-bond acceptors (Lipinski definition) is 2. The maximum Gasteiger partial charge on any atom is -0.00489 e. The first kappa shape index (κ1) is 47.0. The maximum absolute atomic E-state index is 5.31. The van der Waals surface area contributed by atoms with Crippen LogP contribution in [0.25, 0.3) is 0 Å². The van der Waals surface area contributed by atoms with Crippen molar-refractivity contribution in [2.45, 2.75) is 258 Å². The van der Waals surface area contributed by atoms with E-state index in [1.165, 1.54) is 251 Å². The minimum absolute atomic E-state index is 0.865. The minimum atomic E-state index is 0.865. The lowest BCUT2D eigenvalue weighted by Crippen LogP contribution is -2.16. The predicted molar refractivity (Wildman–Crippen MR) is 210 cm³/mol. The SMILES string of the molecule is CCCCCCCCCCCCCCCCCCNCCCCCCCCCCCCCCCCCC.CCCCCCCN. The summed E-state index contributed by atoms with van der Waals surface area (Å²) in [7, 11) is 0. The third kappa shape index (κ3) is 51.0. The van der Waals surface area contributed by atoms with Crippen molar-refractivity contribution in [3.63, 3.8) is 0 Å². The van der Waals surface area contributed by atoms with Crippen LogP contribution in [0.2, 0.25) is 0 Å². The first-order chi connectivity index (χ1) is 22.3. The number of nitrogens with one attached hydrogen (secondary N) is 1. The maximum atomic E-state index is 5.31. The molecular weight excluding hydrogens is 544 g/mol. The van der Waals surface area contributed by atoms with Gasteiger partial charge in [0, 0.05) is 0 Å². The molecule has 0 aromatic heterocycles. The molecule has 0 atom stereocenters. The molecule has 0 saturated heterocycles. The van der Waals surface area contributed by atoms with Crippen molar-refractivity contribution in [3.05, 3.63) is 0 Å². The molecule has 2 nitrogen and oxygen atoms in total. The fraction of sp³-hybridized carbons (Fsp3) is 1.00. The lowest BCUT2D eigenvalue weighted by atomic mass is 10.0. The van der Waals surface area contributed by atoms with Crippen LogP contribution in [0.3, 0.4) is 0 Å². The van der Waals surface area contributed by atoms with Crippen LogP contribution < -0.4 is 11.1 Å². The van der Waals surface area contributed by atoms with Crippen molar-refractivity contribution in [1.29, 1.82) is 0 Å². The molecule has 45 heavy (non-hydrogen) atoms. The summed E-state index contributed by atoms with van der Waals surface area (Å²) < 4.78 is 0. The van der Waals surface area contributed by atoms with Crippen LogP contribution in [0.4, 0.5) is 0 Å². The van der Waals surface area contributed by atoms with E-state index in [4.69, 9.17) is 5.73 Å². The van der Waals surface area contributed by atoms with E-state index in [2.05, 4.69) is 26.1 Å². The minimum Gasteiger partial charge on any atom is -0.330 e. The third-order valence-corrected chi connectivity index (χ3v) is 9.72. The van der Waals surface area contributed by atoms with Gasteiger partial charge in [0.1, 0.15) is 0 Å². The standard InChI is InChI=1S/C36H75N.C7H17N/c1-3-5-7-9-11-13-15-17-19-21-23-25-27-29-31-33-35-37-36-34-32-30-28-26-24-22-20-18-16-14-12-10-8-6-4-2;1-2-3-4-5-6-7-8/h37H,3-36H2,1-2H3;2-8H2,1H3. The molecule has 0 heterocycles. The van der Waals surface area contributed by atoms with Gasteiger partial charge in [0.25, 0.3) is 0 Å².